The van der Waals surface area contributed by atoms with Gasteiger partial charge >= 0.3 is 0 Å². The minimum Gasteiger partial charge on any atom is -0.335 e. The first-order valence-corrected chi connectivity index (χ1v) is 10.1. The highest BCUT2D eigenvalue weighted by Crippen LogP contribution is 2.26. The van der Waals surface area contributed by atoms with E-state index < -0.39 is 0 Å². The van der Waals surface area contributed by atoms with E-state index in [0.29, 0.717) is 0 Å². The molecule has 0 aromatic carbocycles. The van der Waals surface area contributed by atoms with Gasteiger partial charge in [0.1, 0.15) is 0 Å². The van der Waals surface area contributed by atoms with Crippen molar-refractivity contribution in [3.63, 3.8) is 0 Å². The van der Waals surface area contributed by atoms with Gasteiger partial charge in [0.2, 0.25) is 0 Å². The van der Waals surface area contributed by atoms with Gasteiger partial charge in [-0.05, 0) is 23.9 Å². The third-order valence-electron chi connectivity index (χ3n) is 4.29. The zero-order valence-electron chi connectivity index (χ0n) is 14.8. The van der Waals surface area contributed by atoms with Gasteiger partial charge in [0.25, 0.3) is 5.91 Å². The van der Waals surface area contributed by atoms with Gasteiger partial charge in [-0.25, -0.2) is 4.98 Å². The summed E-state index contributed by atoms with van der Waals surface area (Å²) in [5.41, 5.74) is 2.36. The van der Waals surface area contributed by atoms with Crippen molar-refractivity contribution in [2.45, 2.75) is 39.7 Å². The SMILES string of the molecule is Cc1ccsc1C(=O)N1CCN(Cc2csc(C(C)(C)C)n2)CC1. The molecule has 130 valence electrons. The van der Waals surface area contributed by atoms with Gasteiger partial charge in [0.15, 0.2) is 0 Å². The van der Waals surface area contributed by atoms with Crippen molar-refractivity contribution in [1.29, 1.82) is 0 Å². The molecule has 1 amide bonds. The molecule has 2 aromatic heterocycles. The van der Waals surface area contributed by atoms with Crippen molar-refractivity contribution in [3.05, 3.63) is 38.0 Å². The number of thiazole rings is 1. The number of carbonyl (C=O) groups is 1. The van der Waals surface area contributed by atoms with Crippen LogP contribution in [-0.4, -0.2) is 46.9 Å². The Morgan fingerprint density at radius 2 is 1.92 bits per heavy atom. The predicted molar refractivity (Wildman–Crippen MR) is 101 cm³/mol. The maximum atomic E-state index is 12.6. The molecule has 2 aromatic rings. The molecule has 0 saturated carbocycles. The molecule has 1 aliphatic heterocycles. The minimum absolute atomic E-state index is 0.118. The lowest BCUT2D eigenvalue weighted by molar-refractivity contribution is 0.0631. The van der Waals surface area contributed by atoms with Gasteiger partial charge in [-0.1, -0.05) is 20.8 Å². The summed E-state index contributed by atoms with van der Waals surface area (Å²) < 4.78 is 0. The van der Waals surface area contributed by atoms with Crippen molar-refractivity contribution >= 4 is 28.6 Å². The minimum atomic E-state index is 0.118. The molecule has 24 heavy (non-hydrogen) atoms. The molecule has 6 heteroatoms. The Bertz CT molecular complexity index is 706. The lowest BCUT2D eigenvalue weighted by Crippen LogP contribution is -2.48. The number of piperazine rings is 1. The van der Waals surface area contributed by atoms with Crippen LogP contribution >= 0.6 is 22.7 Å². The van der Waals surface area contributed by atoms with E-state index in [1.807, 2.05) is 23.3 Å². The standard InChI is InChI=1S/C18H25N3OS2/c1-13-5-10-23-15(13)16(22)21-8-6-20(7-9-21)11-14-12-24-17(19-14)18(2,3)4/h5,10,12H,6-9,11H2,1-4H3. The highest BCUT2D eigenvalue weighted by molar-refractivity contribution is 7.12. The normalized spacial score (nSPS) is 16.6. The summed E-state index contributed by atoms with van der Waals surface area (Å²) >= 11 is 3.30. The number of aryl methyl sites for hydroxylation is 1. The van der Waals surface area contributed by atoms with Gasteiger partial charge in [-0.2, -0.15) is 0 Å². The van der Waals surface area contributed by atoms with Crippen LogP contribution in [0.2, 0.25) is 0 Å². The van der Waals surface area contributed by atoms with Crippen LogP contribution in [0.5, 0.6) is 0 Å². The number of hydrogen-bond acceptors (Lipinski definition) is 5. The van der Waals surface area contributed by atoms with Gasteiger partial charge in [-0.3, -0.25) is 9.69 Å². The summed E-state index contributed by atoms with van der Waals surface area (Å²) in [5, 5.41) is 5.36. The summed E-state index contributed by atoms with van der Waals surface area (Å²) in [6, 6.07) is 2.02. The van der Waals surface area contributed by atoms with Crippen LogP contribution in [0.4, 0.5) is 0 Å². The fraction of sp³-hybridized carbons (Fsp3) is 0.556. The quantitative estimate of drug-likeness (QED) is 0.833. The largest absolute Gasteiger partial charge is 0.335 e. The Kier molecular flexibility index (Phi) is 5.08. The fourth-order valence-electron chi connectivity index (χ4n) is 2.80. The van der Waals surface area contributed by atoms with Crippen molar-refractivity contribution in [1.82, 2.24) is 14.8 Å². The van der Waals surface area contributed by atoms with Crippen molar-refractivity contribution < 1.29 is 4.79 Å². The Labute approximate surface area is 152 Å². The van der Waals surface area contributed by atoms with E-state index in [-0.39, 0.29) is 11.3 Å². The number of carbonyl (C=O) groups excluding carboxylic acids is 1. The number of aromatic nitrogens is 1. The Morgan fingerprint density at radius 1 is 1.21 bits per heavy atom. The molecule has 0 spiro atoms. The summed E-state index contributed by atoms with van der Waals surface area (Å²) in [5.74, 6) is 0.186. The van der Waals surface area contributed by atoms with Gasteiger partial charge < -0.3 is 4.90 Å². The van der Waals surface area contributed by atoms with Crippen LogP contribution in [0.3, 0.4) is 0 Å². The second-order valence-corrected chi connectivity index (χ2v) is 9.17. The fourth-order valence-corrected chi connectivity index (χ4v) is 4.59. The van der Waals surface area contributed by atoms with Gasteiger partial charge in [-0.15, -0.1) is 22.7 Å². The van der Waals surface area contributed by atoms with E-state index in [1.165, 1.54) is 5.01 Å². The summed E-state index contributed by atoms with van der Waals surface area (Å²) in [6.07, 6.45) is 0. The Hall–Kier alpha value is -1.24. The number of rotatable bonds is 3. The van der Waals surface area contributed by atoms with Crippen LogP contribution in [0.25, 0.3) is 0 Å². The highest BCUT2D eigenvalue weighted by atomic mass is 32.1. The topological polar surface area (TPSA) is 36.4 Å². The van der Waals surface area contributed by atoms with E-state index in [4.69, 9.17) is 4.98 Å². The lowest BCUT2D eigenvalue weighted by Gasteiger charge is -2.34. The van der Waals surface area contributed by atoms with Crippen LogP contribution < -0.4 is 0 Å². The molecule has 4 nitrogen and oxygen atoms in total. The van der Waals surface area contributed by atoms with Crippen LogP contribution in [-0.2, 0) is 12.0 Å². The van der Waals surface area contributed by atoms with E-state index in [2.05, 4.69) is 31.1 Å². The molecule has 0 radical (unpaired) electrons. The Morgan fingerprint density at radius 3 is 2.46 bits per heavy atom. The maximum Gasteiger partial charge on any atom is 0.264 e. The summed E-state index contributed by atoms with van der Waals surface area (Å²) in [4.78, 5) is 22.6. The zero-order valence-corrected chi connectivity index (χ0v) is 16.5. The number of hydrogen-bond donors (Lipinski definition) is 0. The summed E-state index contributed by atoms with van der Waals surface area (Å²) in [6.45, 7) is 12.9. The van der Waals surface area contributed by atoms with Crippen LogP contribution in [0.15, 0.2) is 16.8 Å². The van der Waals surface area contributed by atoms with E-state index in [0.717, 1.165) is 48.9 Å². The van der Waals surface area contributed by atoms with Gasteiger partial charge in [0.05, 0.1) is 15.6 Å². The number of nitrogens with zero attached hydrogens (tertiary/aromatic N) is 3. The van der Waals surface area contributed by atoms with Crippen molar-refractivity contribution in [2.24, 2.45) is 0 Å². The zero-order chi connectivity index (χ0) is 17.3. The average molecular weight is 364 g/mol. The first kappa shape index (κ1) is 17.6. The lowest BCUT2D eigenvalue weighted by atomic mass is 9.98. The molecule has 1 saturated heterocycles. The number of thiophene rings is 1. The van der Waals surface area contributed by atoms with Crippen LogP contribution in [0.1, 0.15) is 46.7 Å². The van der Waals surface area contributed by atoms with E-state index in [1.54, 1.807) is 22.7 Å². The molecule has 0 N–H and O–H groups in total. The molecular weight excluding hydrogens is 338 g/mol. The second-order valence-electron chi connectivity index (χ2n) is 7.40. The predicted octanol–water partition coefficient (Wildman–Crippen LogP) is 3.77. The van der Waals surface area contributed by atoms with Gasteiger partial charge in [0, 0.05) is 43.5 Å². The monoisotopic (exact) mass is 363 g/mol. The number of amides is 1. The van der Waals surface area contributed by atoms with Crippen LogP contribution in [0, 0.1) is 6.92 Å². The first-order chi connectivity index (χ1) is 11.3. The molecule has 3 heterocycles. The maximum absolute atomic E-state index is 12.6. The van der Waals surface area contributed by atoms with E-state index >= 15 is 0 Å². The third kappa shape index (κ3) is 3.87. The summed E-state index contributed by atoms with van der Waals surface area (Å²) in [7, 11) is 0. The van der Waals surface area contributed by atoms with E-state index in [9.17, 15) is 4.79 Å². The first-order valence-electron chi connectivity index (χ1n) is 8.35. The third-order valence-corrected chi connectivity index (χ3v) is 6.62. The van der Waals surface area contributed by atoms with Crippen molar-refractivity contribution in [3.8, 4) is 0 Å². The molecule has 3 rings (SSSR count). The molecule has 0 aliphatic carbocycles. The molecule has 1 fully saturated rings. The molecular formula is C18H25N3OS2. The highest BCUT2D eigenvalue weighted by Gasteiger charge is 2.25. The Balaban J connectivity index is 1.55. The molecule has 0 bridgehead atoms. The second kappa shape index (κ2) is 6.94. The molecule has 0 unspecified atom stereocenters. The average Bonchev–Trinajstić information content (AvgIpc) is 3.16. The van der Waals surface area contributed by atoms with Crippen molar-refractivity contribution in [2.75, 3.05) is 26.2 Å². The molecule has 1 aliphatic rings. The molecule has 0 atom stereocenters. The smallest absolute Gasteiger partial charge is 0.264 e.